The molecule has 2 saturated carbocycles. The summed E-state index contributed by atoms with van der Waals surface area (Å²) < 4.78 is 0. The first-order valence-corrected chi connectivity index (χ1v) is 8.62. The van der Waals surface area contributed by atoms with Gasteiger partial charge in [-0.3, -0.25) is 9.59 Å². The Bertz CT molecular complexity index is 604. The van der Waals surface area contributed by atoms with Crippen molar-refractivity contribution in [1.82, 2.24) is 16.0 Å². The lowest BCUT2D eigenvalue weighted by Gasteiger charge is -2.21. The molecular weight excluding hydrogens is 292 g/mol. The minimum atomic E-state index is -0.588. The fraction of sp³-hybridized carbons (Fsp3) is 0.824. The van der Waals surface area contributed by atoms with Crippen LogP contribution in [0.4, 0.5) is 0 Å². The van der Waals surface area contributed by atoms with Crippen LogP contribution in [0.5, 0.6) is 0 Å². The summed E-state index contributed by atoms with van der Waals surface area (Å²) in [5.74, 6) is 0.734. The Morgan fingerprint density at radius 1 is 1.48 bits per heavy atom. The SMILES string of the molecule is CC1(C)C2CNC(C(=O)N[C@H](C#N)C[C@@H]3CC4(CC4)NC3=O)C21. The predicted octanol–water partition coefficient (Wildman–Crippen LogP) is 0.298. The minimum Gasteiger partial charge on any atom is -0.350 e. The van der Waals surface area contributed by atoms with Gasteiger partial charge in [0, 0.05) is 11.5 Å². The van der Waals surface area contributed by atoms with Gasteiger partial charge < -0.3 is 16.0 Å². The highest BCUT2D eigenvalue weighted by atomic mass is 16.2. The van der Waals surface area contributed by atoms with E-state index >= 15 is 0 Å². The maximum atomic E-state index is 12.5. The number of nitriles is 1. The summed E-state index contributed by atoms with van der Waals surface area (Å²) in [6, 6.07) is 1.38. The van der Waals surface area contributed by atoms with Crippen molar-refractivity contribution in [2.75, 3.05) is 6.54 Å². The number of piperidine rings is 1. The summed E-state index contributed by atoms with van der Waals surface area (Å²) in [4.78, 5) is 24.5. The number of rotatable bonds is 4. The highest BCUT2D eigenvalue weighted by Gasteiger charge is 2.65. The molecule has 3 N–H and O–H groups in total. The largest absolute Gasteiger partial charge is 0.350 e. The average molecular weight is 316 g/mol. The van der Waals surface area contributed by atoms with Crippen LogP contribution < -0.4 is 16.0 Å². The van der Waals surface area contributed by atoms with E-state index in [4.69, 9.17) is 0 Å². The van der Waals surface area contributed by atoms with E-state index in [-0.39, 0.29) is 34.7 Å². The summed E-state index contributed by atoms with van der Waals surface area (Å²) >= 11 is 0. The molecule has 2 amide bonds. The van der Waals surface area contributed by atoms with Gasteiger partial charge in [-0.05, 0) is 49.5 Å². The molecule has 2 aliphatic carbocycles. The first-order valence-electron chi connectivity index (χ1n) is 8.62. The second-order valence-electron chi connectivity index (χ2n) is 8.44. The van der Waals surface area contributed by atoms with Crippen LogP contribution in [0.25, 0.3) is 0 Å². The molecular formula is C17H24N4O2. The Morgan fingerprint density at radius 2 is 2.22 bits per heavy atom. The van der Waals surface area contributed by atoms with Crippen molar-refractivity contribution >= 4 is 11.8 Å². The van der Waals surface area contributed by atoms with Gasteiger partial charge in [-0.15, -0.1) is 0 Å². The molecule has 4 aliphatic rings. The summed E-state index contributed by atoms with van der Waals surface area (Å²) in [6.45, 7) is 5.27. The molecule has 5 atom stereocenters. The number of carbonyl (C=O) groups is 2. The second-order valence-corrected chi connectivity index (χ2v) is 8.44. The number of nitrogens with zero attached hydrogens (tertiary/aromatic N) is 1. The van der Waals surface area contributed by atoms with Crippen LogP contribution in [0, 0.1) is 34.5 Å². The molecule has 2 saturated heterocycles. The summed E-state index contributed by atoms with van der Waals surface area (Å²) in [5, 5.41) is 18.5. The molecule has 1 spiro atoms. The van der Waals surface area contributed by atoms with Crippen LogP contribution in [0.2, 0.25) is 0 Å². The molecule has 0 aromatic heterocycles. The van der Waals surface area contributed by atoms with E-state index < -0.39 is 6.04 Å². The van der Waals surface area contributed by atoms with Gasteiger partial charge in [0.05, 0.1) is 12.1 Å². The predicted molar refractivity (Wildman–Crippen MR) is 82.9 cm³/mol. The molecule has 6 heteroatoms. The van der Waals surface area contributed by atoms with E-state index in [1.807, 2.05) is 0 Å². The van der Waals surface area contributed by atoms with Crippen LogP contribution in [0.1, 0.15) is 39.5 Å². The Morgan fingerprint density at radius 3 is 2.74 bits per heavy atom. The smallest absolute Gasteiger partial charge is 0.238 e. The topological polar surface area (TPSA) is 94.0 Å². The zero-order chi connectivity index (χ0) is 16.4. The van der Waals surface area contributed by atoms with E-state index in [9.17, 15) is 14.9 Å². The maximum absolute atomic E-state index is 12.5. The lowest BCUT2D eigenvalue weighted by molar-refractivity contribution is -0.125. The van der Waals surface area contributed by atoms with E-state index in [1.54, 1.807) is 0 Å². The van der Waals surface area contributed by atoms with Gasteiger partial charge >= 0.3 is 0 Å². The van der Waals surface area contributed by atoms with Gasteiger partial charge in [0.25, 0.3) is 0 Å². The third-order valence-corrected chi connectivity index (χ3v) is 6.58. The van der Waals surface area contributed by atoms with Crippen LogP contribution in [0.3, 0.4) is 0 Å². The normalized spacial score (nSPS) is 39.3. The number of hydrogen-bond acceptors (Lipinski definition) is 4. The van der Waals surface area contributed by atoms with Crippen molar-refractivity contribution in [2.45, 2.75) is 57.2 Å². The van der Waals surface area contributed by atoms with Crippen molar-refractivity contribution in [3.63, 3.8) is 0 Å². The third-order valence-electron chi connectivity index (χ3n) is 6.58. The Hall–Kier alpha value is -1.61. The molecule has 4 rings (SSSR count). The van der Waals surface area contributed by atoms with Crippen LogP contribution in [-0.4, -0.2) is 36.0 Å². The fourth-order valence-corrected chi connectivity index (χ4v) is 4.81. The average Bonchev–Trinajstić information content (AvgIpc) is 3.20. The lowest BCUT2D eigenvalue weighted by Crippen LogP contribution is -2.48. The second kappa shape index (κ2) is 4.70. The van der Waals surface area contributed by atoms with Crippen LogP contribution in [-0.2, 0) is 9.59 Å². The van der Waals surface area contributed by atoms with Gasteiger partial charge in [0.2, 0.25) is 11.8 Å². The summed E-state index contributed by atoms with van der Waals surface area (Å²) in [7, 11) is 0. The van der Waals surface area contributed by atoms with Crippen LogP contribution >= 0.6 is 0 Å². The zero-order valence-electron chi connectivity index (χ0n) is 13.7. The van der Waals surface area contributed by atoms with E-state index in [2.05, 4.69) is 35.9 Å². The number of nitrogens with one attached hydrogen (secondary N) is 3. The van der Waals surface area contributed by atoms with E-state index in [1.165, 1.54) is 0 Å². The van der Waals surface area contributed by atoms with Gasteiger partial charge in [0.15, 0.2) is 0 Å². The molecule has 0 radical (unpaired) electrons. The van der Waals surface area contributed by atoms with Crippen LogP contribution in [0.15, 0.2) is 0 Å². The van der Waals surface area contributed by atoms with Crippen molar-refractivity contribution in [3.8, 4) is 6.07 Å². The van der Waals surface area contributed by atoms with Gasteiger partial charge in [-0.25, -0.2) is 0 Å². The lowest BCUT2D eigenvalue weighted by atomic mass is 9.95. The fourth-order valence-electron chi connectivity index (χ4n) is 4.81. The third kappa shape index (κ3) is 2.33. The summed E-state index contributed by atoms with van der Waals surface area (Å²) in [6.07, 6.45) is 3.31. The number of carbonyl (C=O) groups excluding carboxylic acids is 2. The first kappa shape index (κ1) is 14.9. The molecule has 23 heavy (non-hydrogen) atoms. The van der Waals surface area contributed by atoms with E-state index in [0.717, 1.165) is 25.8 Å². The molecule has 0 aromatic carbocycles. The van der Waals surface area contributed by atoms with Crippen molar-refractivity contribution < 1.29 is 9.59 Å². The number of amides is 2. The van der Waals surface area contributed by atoms with Crippen molar-refractivity contribution in [3.05, 3.63) is 0 Å². The maximum Gasteiger partial charge on any atom is 0.238 e. The minimum absolute atomic E-state index is 0.0179. The Balaban J connectivity index is 1.35. The Kier molecular flexibility index (Phi) is 3.05. The van der Waals surface area contributed by atoms with Gasteiger partial charge in [-0.2, -0.15) is 5.26 Å². The van der Waals surface area contributed by atoms with E-state index in [0.29, 0.717) is 18.3 Å². The molecule has 2 aliphatic heterocycles. The van der Waals surface area contributed by atoms with Gasteiger partial charge in [0.1, 0.15) is 6.04 Å². The highest BCUT2D eigenvalue weighted by Crippen LogP contribution is 2.62. The highest BCUT2D eigenvalue weighted by molar-refractivity contribution is 5.85. The molecule has 0 bridgehead atoms. The molecule has 6 nitrogen and oxygen atoms in total. The first-order chi connectivity index (χ1) is 10.9. The zero-order valence-corrected chi connectivity index (χ0v) is 13.7. The van der Waals surface area contributed by atoms with Crippen molar-refractivity contribution in [2.24, 2.45) is 23.2 Å². The number of hydrogen-bond donors (Lipinski definition) is 3. The number of fused-ring (bicyclic) bond motifs is 1. The molecule has 4 fully saturated rings. The molecule has 0 aromatic rings. The molecule has 124 valence electrons. The van der Waals surface area contributed by atoms with Crippen molar-refractivity contribution in [1.29, 1.82) is 5.26 Å². The Labute approximate surface area is 136 Å². The molecule has 2 heterocycles. The van der Waals surface area contributed by atoms with Gasteiger partial charge in [-0.1, -0.05) is 13.8 Å². The summed E-state index contributed by atoms with van der Waals surface area (Å²) in [5.41, 5.74) is 0.239. The molecule has 3 unspecified atom stereocenters. The quantitative estimate of drug-likeness (QED) is 0.695. The monoisotopic (exact) mass is 316 g/mol. The standard InChI is InChI=1S/C17H24N4O2/c1-16(2)11-8-19-13(12(11)16)15(23)20-10(7-18)5-9-6-17(3-4-17)21-14(9)22/h9-13,19H,3-6,8H2,1-2H3,(H,20,23)(H,21,22)/t9-,10+,11?,12?,13?/m1/s1.